The number of anilines is 1. The molecule has 0 bridgehead atoms. The fourth-order valence-corrected chi connectivity index (χ4v) is 1.80. The van der Waals surface area contributed by atoms with Crippen molar-refractivity contribution in [1.29, 1.82) is 0 Å². The molecule has 0 saturated carbocycles. The third-order valence-corrected chi connectivity index (χ3v) is 2.59. The van der Waals surface area contributed by atoms with Crippen LogP contribution < -0.4 is 10.6 Å². The number of rotatable bonds is 6. The Labute approximate surface area is 110 Å². The molecule has 0 aliphatic carbocycles. The second-order valence-electron chi connectivity index (χ2n) is 3.79. The highest BCUT2D eigenvalue weighted by Gasteiger charge is 2.06. The number of methoxy groups -OCH3 is 1. The maximum Gasteiger partial charge on any atom is 0.239 e. The molecular weight excluding hydrogens is 284 g/mol. The first-order valence-electron chi connectivity index (χ1n) is 5.39. The predicted molar refractivity (Wildman–Crippen MR) is 72.1 cm³/mol. The molecule has 4 nitrogen and oxygen atoms in total. The van der Waals surface area contributed by atoms with E-state index in [0.717, 1.165) is 10.2 Å². The molecule has 1 rings (SSSR count). The van der Waals surface area contributed by atoms with Gasteiger partial charge in [-0.05, 0) is 25.1 Å². The van der Waals surface area contributed by atoms with Crippen LogP contribution in [0.2, 0.25) is 0 Å². The fraction of sp³-hybridized carbons (Fsp3) is 0.417. The number of benzene rings is 1. The molecule has 1 atom stereocenters. The monoisotopic (exact) mass is 300 g/mol. The average Bonchev–Trinajstić information content (AvgIpc) is 2.27. The van der Waals surface area contributed by atoms with E-state index in [-0.39, 0.29) is 18.5 Å². The molecule has 0 aliphatic rings. The van der Waals surface area contributed by atoms with Gasteiger partial charge in [0, 0.05) is 23.3 Å². The van der Waals surface area contributed by atoms with Gasteiger partial charge in [0.2, 0.25) is 5.91 Å². The summed E-state index contributed by atoms with van der Waals surface area (Å²) in [5.74, 6) is -0.0467. The second kappa shape index (κ2) is 7.29. The summed E-state index contributed by atoms with van der Waals surface area (Å²) in [6, 6.07) is 7.71. The normalized spacial score (nSPS) is 11.9. The Morgan fingerprint density at radius 1 is 1.53 bits per heavy atom. The van der Waals surface area contributed by atoms with Crippen LogP contribution in [0.5, 0.6) is 0 Å². The highest BCUT2D eigenvalue weighted by molar-refractivity contribution is 9.10. The highest BCUT2D eigenvalue weighted by atomic mass is 79.9. The lowest BCUT2D eigenvalue weighted by Gasteiger charge is -2.13. The van der Waals surface area contributed by atoms with Crippen LogP contribution in [0.1, 0.15) is 6.92 Å². The summed E-state index contributed by atoms with van der Waals surface area (Å²) in [6.45, 7) is 2.67. The number of carbonyl (C=O) groups is 1. The number of hydrogen-bond donors (Lipinski definition) is 2. The van der Waals surface area contributed by atoms with Crippen LogP contribution in [0.25, 0.3) is 0 Å². The van der Waals surface area contributed by atoms with Crippen molar-refractivity contribution in [3.63, 3.8) is 0 Å². The molecule has 1 aromatic carbocycles. The SMILES string of the molecule is COCC(C)NC(=O)CNc1cccc(Br)c1. The van der Waals surface area contributed by atoms with E-state index >= 15 is 0 Å². The Bertz CT molecular complexity index is 371. The molecule has 17 heavy (non-hydrogen) atoms. The molecule has 2 N–H and O–H groups in total. The van der Waals surface area contributed by atoms with Crippen molar-refractivity contribution in [2.75, 3.05) is 25.6 Å². The highest BCUT2D eigenvalue weighted by Crippen LogP contribution is 2.15. The van der Waals surface area contributed by atoms with Crippen molar-refractivity contribution in [3.05, 3.63) is 28.7 Å². The van der Waals surface area contributed by atoms with Crippen molar-refractivity contribution in [3.8, 4) is 0 Å². The lowest BCUT2D eigenvalue weighted by molar-refractivity contribution is -0.120. The van der Waals surface area contributed by atoms with Gasteiger partial charge in [0.05, 0.1) is 13.2 Å². The average molecular weight is 301 g/mol. The van der Waals surface area contributed by atoms with Gasteiger partial charge in [0.25, 0.3) is 0 Å². The van der Waals surface area contributed by atoms with Crippen LogP contribution in [0.3, 0.4) is 0 Å². The van der Waals surface area contributed by atoms with E-state index in [0.29, 0.717) is 6.61 Å². The van der Waals surface area contributed by atoms with Gasteiger partial charge in [-0.15, -0.1) is 0 Å². The predicted octanol–water partition coefficient (Wildman–Crippen LogP) is 2.01. The minimum absolute atomic E-state index is 0.0248. The summed E-state index contributed by atoms with van der Waals surface area (Å²) >= 11 is 3.37. The van der Waals surface area contributed by atoms with Crippen molar-refractivity contribution >= 4 is 27.5 Å². The summed E-state index contributed by atoms with van der Waals surface area (Å²) in [5.41, 5.74) is 0.911. The summed E-state index contributed by atoms with van der Waals surface area (Å²) < 4.78 is 5.92. The van der Waals surface area contributed by atoms with Gasteiger partial charge in [-0.3, -0.25) is 4.79 Å². The summed E-state index contributed by atoms with van der Waals surface area (Å²) in [6.07, 6.45) is 0. The molecule has 1 aromatic rings. The number of amides is 1. The number of ether oxygens (including phenoxy) is 1. The van der Waals surface area contributed by atoms with E-state index in [1.807, 2.05) is 31.2 Å². The number of halogens is 1. The Kier molecular flexibility index (Phi) is 6.00. The molecule has 1 unspecified atom stereocenters. The Hall–Kier alpha value is -1.07. The Balaban J connectivity index is 2.33. The maximum atomic E-state index is 11.5. The smallest absolute Gasteiger partial charge is 0.239 e. The number of nitrogens with one attached hydrogen (secondary N) is 2. The third kappa shape index (κ3) is 5.70. The molecule has 0 aliphatic heterocycles. The van der Waals surface area contributed by atoms with Gasteiger partial charge in [-0.25, -0.2) is 0 Å². The molecule has 0 heterocycles. The lowest BCUT2D eigenvalue weighted by Crippen LogP contribution is -2.39. The standard InChI is InChI=1S/C12H17BrN2O2/c1-9(8-17-2)15-12(16)7-14-11-5-3-4-10(13)6-11/h3-6,9,14H,7-8H2,1-2H3,(H,15,16). The molecule has 1 amide bonds. The van der Waals surface area contributed by atoms with Crippen LogP contribution in [0.4, 0.5) is 5.69 Å². The van der Waals surface area contributed by atoms with E-state index in [1.165, 1.54) is 0 Å². The van der Waals surface area contributed by atoms with Gasteiger partial charge in [0.1, 0.15) is 0 Å². The topological polar surface area (TPSA) is 50.4 Å². The largest absolute Gasteiger partial charge is 0.383 e. The fourth-order valence-electron chi connectivity index (χ4n) is 1.40. The molecule has 0 fully saturated rings. The van der Waals surface area contributed by atoms with Crippen LogP contribution >= 0.6 is 15.9 Å². The zero-order valence-electron chi connectivity index (χ0n) is 10.00. The van der Waals surface area contributed by atoms with E-state index in [4.69, 9.17) is 4.74 Å². The van der Waals surface area contributed by atoms with Crippen LogP contribution in [-0.2, 0) is 9.53 Å². The van der Waals surface area contributed by atoms with Crippen LogP contribution in [0, 0.1) is 0 Å². The first-order valence-corrected chi connectivity index (χ1v) is 6.19. The molecule has 0 spiro atoms. The molecule has 0 saturated heterocycles. The van der Waals surface area contributed by atoms with E-state index in [2.05, 4.69) is 26.6 Å². The van der Waals surface area contributed by atoms with Gasteiger partial charge in [0.15, 0.2) is 0 Å². The zero-order valence-corrected chi connectivity index (χ0v) is 11.6. The Morgan fingerprint density at radius 2 is 2.29 bits per heavy atom. The van der Waals surface area contributed by atoms with Crippen molar-refractivity contribution in [1.82, 2.24) is 5.32 Å². The van der Waals surface area contributed by atoms with Gasteiger partial charge in [-0.2, -0.15) is 0 Å². The minimum Gasteiger partial charge on any atom is -0.383 e. The molecular formula is C12H17BrN2O2. The molecule has 0 radical (unpaired) electrons. The molecule has 0 aromatic heterocycles. The minimum atomic E-state index is -0.0467. The van der Waals surface area contributed by atoms with E-state index < -0.39 is 0 Å². The third-order valence-electron chi connectivity index (χ3n) is 2.10. The van der Waals surface area contributed by atoms with Gasteiger partial charge >= 0.3 is 0 Å². The quantitative estimate of drug-likeness (QED) is 0.845. The molecule has 94 valence electrons. The first-order chi connectivity index (χ1) is 8.11. The van der Waals surface area contributed by atoms with E-state index in [9.17, 15) is 4.79 Å². The molecule has 5 heteroatoms. The van der Waals surface area contributed by atoms with Gasteiger partial charge < -0.3 is 15.4 Å². The lowest BCUT2D eigenvalue weighted by atomic mass is 10.3. The first kappa shape index (κ1) is 14.0. The van der Waals surface area contributed by atoms with Crippen molar-refractivity contribution < 1.29 is 9.53 Å². The van der Waals surface area contributed by atoms with Crippen molar-refractivity contribution in [2.45, 2.75) is 13.0 Å². The number of hydrogen-bond acceptors (Lipinski definition) is 3. The second-order valence-corrected chi connectivity index (χ2v) is 4.70. The van der Waals surface area contributed by atoms with E-state index in [1.54, 1.807) is 7.11 Å². The summed E-state index contributed by atoms with van der Waals surface area (Å²) in [5, 5.41) is 5.88. The zero-order chi connectivity index (χ0) is 12.7. The van der Waals surface area contributed by atoms with Gasteiger partial charge in [-0.1, -0.05) is 22.0 Å². The van der Waals surface area contributed by atoms with Crippen molar-refractivity contribution in [2.24, 2.45) is 0 Å². The maximum absolute atomic E-state index is 11.5. The number of carbonyl (C=O) groups excluding carboxylic acids is 1. The summed E-state index contributed by atoms with van der Waals surface area (Å²) in [7, 11) is 1.61. The van der Waals surface area contributed by atoms with Crippen LogP contribution in [0.15, 0.2) is 28.7 Å². The van der Waals surface area contributed by atoms with Crippen LogP contribution in [-0.4, -0.2) is 32.2 Å². The summed E-state index contributed by atoms with van der Waals surface area (Å²) in [4.78, 5) is 11.5. The Morgan fingerprint density at radius 3 is 2.94 bits per heavy atom.